The topological polar surface area (TPSA) is 108 Å². The average molecular weight is 328 g/mol. The summed E-state index contributed by atoms with van der Waals surface area (Å²) in [6, 6.07) is 2.60. The summed E-state index contributed by atoms with van der Waals surface area (Å²) in [5, 5.41) is 29.3. The minimum absolute atomic E-state index is 0.0662. The van der Waals surface area contributed by atoms with Crippen molar-refractivity contribution in [1.82, 2.24) is 15.4 Å². The quantitative estimate of drug-likeness (QED) is 0.586. The van der Waals surface area contributed by atoms with Crippen molar-refractivity contribution in [2.75, 3.05) is 6.61 Å². The number of H-pyrrole nitrogens is 1. The molecule has 3 N–H and O–H groups in total. The average Bonchev–Trinajstić information content (AvgIpc) is 2.84. The van der Waals surface area contributed by atoms with Gasteiger partial charge in [-0.3, -0.25) is 0 Å². The number of benzene rings is 1. The summed E-state index contributed by atoms with van der Waals surface area (Å²) in [4.78, 5) is 11.7. The maximum Gasteiger partial charge on any atom is 0.361 e. The Morgan fingerprint density at radius 2 is 2.05 bits per heavy atom. The van der Waals surface area contributed by atoms with E-state index in [0.29, 0.717) is 0 Å². The summed E-state index contributed by atoms with van der Waals surface area (Å²) in [6.45, 7) is 1.86. The van der Waals surface area contributed by atoms with Crippen LogP contribution in [0.3, 0.4) is 0 Å². The van der Waals surface area contributed by atoms with Crippen molar-refractivity contribution in [2.45, 2.75) is 6.92 Å². The summed E-state index contributed by atoms with van der Waals surface area (Å²) in [5.41, 5.74) is 0.193. The van der Waals surface area contributed by atoms with Gasteiger partial charge in [0.25, 0.3) is 0 Å². The lowest BCUT2D eigenvalue weighted by molar-refractivity contribution is 0.0520. The van der Waals surface area contributed by atoms with Crippen molar-refractivity contribution in [2.24, 2.45) is 0 Å². The van der Waals surface area contributed by atoms with Gasteiger partial charge in [-0.05, 0) is 35.0 Å². The molecule has 0 radical (unpaired) electrons. The number of aromatic amines is 1. The Bertz CT molecular complexity index is 626. The Morgan fingerprint density at radius 1 is 1.37 bits per heavy atom. The first-order chi connectivity index (χ1) is 9.06. The van der Waals surface area contributed by atoms with Gasteiger partial charge in [0.15, 0.2) is 5.69 Å². The van der Waals surface area contributed by atoms with Crippen LogP contribution in [0.1, 0.15) is 17.4 Å². The molecule has 1 aromatic carbocycles. The van der Waals surface area contributed by atoms with E-state index in [1.165, 1.54) is 12.1 Å². The van der Waals surface area contributed by atoms with E-state index in [2.05, 4.69) is 31.3 Å². The highest BCUT2D eigenvalue weighted by Crippen LogP contribution is 2.41. The molecule has 0 aliphatic rings. The normalized spacial score (nSPS) is 10.4. The Morgan fingerprint density at radius 3 is 2.74 bits per heavy atom. The van der Waals surface area contributed by atoms with E-state index in [0.717, 1.165) is 0 Å². The van der Waals surface area contributed by atoms with Crippen LogP contribution in [-0.2, 0) is 4.74 Å². The Hall–Kier alpha value is -2.09. The molecule has 1 heterocycles. The predicted molar refractivity (Wildman–Crippen MR) is 68.8 cm³/mol. The summed E-state index contributed by atoms with van der Waals surface area (Å²) >= 11 is 3.13. The fraction of sp³-hybridized carbons (Fsp3) is 0.182. The van der Waals surface area contributed by atoms with Crippen LogP contribution < -0.4 is 0 Å². The number of esters is 1. The van der Waals surface area contributed by atoms with Crippen molar-refractivity contribution in [3.63, 3.8) is 0 Å². The number of phenols is 2. The number of carbonyl (C=O) groups excluding carboxylic acids is 1. The number of ether oxygens (including phenoxy) is 1. The zero-order valence-corrected chi connectivity index (χ0v) is 11.4. The summed E-state index contributed by atoms with van der Waals surface area (Å²) in [5.74, 6) is -0.907. The third-order valence-electron chi connectivity index (χ3n) is 2.35. The van der Waals surface area contributed by atoms with Gasteiger partial charge >= 0.3 is 5.97 Å². The fourth-order valence-electron chi connectivity index (χ4n) is 1.53. The van der Waals surface area contributed by atoms with Gasteiger partial charge < -0.3 is 14.9 Å². The molecular weight excluding hydrogens is 318 g/mol. The molecule has 2 rings (SSSR count). The lowest BCUT2D eigenvalue weighted by Crippen LogP contribution is -2.07. The molecule has 0 spiro atoms. The van der Waals surface area contributed by atoms with E-state index in [1.54, 1.807) is 6.92 Å². The SMILES string of the molecule is CCOC(=O)c1n[nH]nc1-c1c(O)ccc(O)c1Br. The second kappa shape index (κ2) is 5.27. The number of carbonyl (C=O) groups is 1. The molecule has 0 fully saturated rings. The van der Waals surface area contributed by atoms with Gasteiger partial charge in [-0.2, -0.15) is 10.3 Å². The second-order valence-electron chi connectivity index (χ2n) is 3.53. The van der Waals surface area contributed by atoms with E-state index in [9.17, 15) is 15.0 Å². The van der Waals surface area contributed by atoms with E-state index < -0.39 is 5.97 Å². The van der Waals surface area contributed by atoms with Crippen molar-refractivity contribution in [3.8, 4) is 22.8 Å². The highest BCUT2D eigenvalue weighted by Gasteiger charge is 2.24. The molecule has 0 saturated carbocycles. The van der Waals surface area contributed by atoms with Gasteiger partial charge in [-0.25, -0.2) is 4.79 Å². The Balaban J connectivity index is 2.58. The highest BCUT2D eigenvalue weighted by atomic mass is 79.9. The Kier molecular flexibility index (Phi) is 3.70. The first-order valence-corrected chi connectivity index (χ1v) is 6.14. The van der Waals surface area contributed by atoms with Gasteiger partial charge in [-0.15, -0.1) is 5.10 Å². The molecule has 0 unspecified atom stereocenters. The van der Waals surface area contributed by atoms with Crippen LogP contribution >= 0.6 is 15.9 Å². The maximum absolute atomic E-state index is 11.7. The third kappa shape index (κ3) is 2.39. The van der Waals surface area contributed by atoms with E-state index in [-0.39, 0.29) is 39.5 Å². The van der Waals surface area contributed by atoms with E-state index >= 15 is 0 Å². The van der Waals surface area contributed by atoms with Crippen LogP contribution in [0.5, 0.6) is 11.5 Å². The number of hydrogen-bond acceptors (Lipinski definition) is 6. The molecule has 1 aromatic heterocycles. The maximum atomic E-state index is 11.7. The predicted octanol–water partition coefficient (Wildman–Crippen LogP) is 1.82. The van der Waals surface area contributed by atoms with E-state index in [1.807, 2.05) is 0 Å². The molecule has 0 saturated heterocycles. The molecule has 7 nitrogen and oxygen atoms in total. The van der Waals surface area contributed by atoms with Crippen LogP contribution in [0, 0.1) is 0 Å². The van der Waals surface area contributed by atoms with Crippen LogP contribution in [0.2, 0.25) is 0 Å². The molecular formula is C11H10BrN3O4. The van der Waals surface area contributed by atoms with Gasteiger partial charge in [0.05, 0.1) is 16.6 Å². The lowest BCUT2D eigenvalue weighted by atomic mass is 10.1. The van der Waals surface area contributed by atoms with Crippen molar-refractivity contribution in [1.29, 1.82) is 0 Å². The van der Waals surface area contributed by atoms with Crippen molar-refractivity contribution in [3.05, 3.63) is 22.3 Å². The van der Waals surface area contributed by atoms with Gasteiger partial charge in [0.2, 0.25) is 0 Å². The Labute approximate surface area is 116 Å². The minimum Gasteiger partial charge on any atom is -0.507 e. The van der Waals surface area contributed by atoms with Gasteiger partial charge in [0.1, 0.15) is 17.2 Å². The number of halogens is 1. The molecule has 0 amide bonds. The second-order valence-corrected chi connectivity index (χ2v) is 4.33. The molecule has 19 heavy (non-hydrogen) atoms. The van der Waals surface area contributed by atoms with Crippen molar-refractivity contribution < 1.29 is 19.7 Å². The molecule has 0 aliphatic heterocycles. The fourth-order valence-corrected chi connectivity index (χ4v) is 2.05. The minimum atomic E-state index is -0.666. The van der Waals surface area contributed by atoms with Crippen LogP contribution in [-0.4, -0.2) is 38.2 Å². The molecule has 0 atom stereocenters. The van der Waals surface area contributed by atoms with Gasteiger partial charge in [-0.1, -0.05) is 0 Å². The van der Waals surface area contributed by atoms with Crippen molar-refractivity contribution >= 4 is 21.9 Å². The number of phenolic OH excluding ortho intramolecular Hbond substituents is 2. The number of nitrogens with one attached hydrogen (secondary N) is 1. The number of rotatable bonds is 3. The molecule has 0 bridgehead atoms. The number of nitrogens with zero attached hydrogens (tertiary/aromatic N) is 2. The first-order valence-electron chi connectivity index (χ1n) is 5.35. The first kappa shape index (κ1) is 13.3. The summed E-state index contributed by atoms with van der Waals surface area (Å²) in [7, 11) is 0. The lowest BCUT2D eigenvalue weighted by Gasteiger charge is -2.07. The summed E-state index contributed by atoms with van der Waals surface area (Å²) in [6.07, 6.45) is 0. The monoisotopic (exact) mass is 327 g/mol. The smallest absolute Gasteiger partial charge is 0.361 e. The zero-order chi connectivity index (χ0) is 14.0. The molecule has 0 aliphatic carbocycles. The highest BCUT2D eigenvalue weighted by molar-refractivity contribution is 9.10. The van der Waals surface area contributed by atoms with Crippen LogP contribution in [0.25, 0.3) is 11.3 Å². The molecule has 2 aromatic rings. The van der Waals surface area contributed by atoms with E-state index in [4.69, 9.17) is 4.74 Å². The van der Waals surface area contributed by atoms with Gasteiger partial charge in [0, 0.05) is 0 Å². The zero-order valence-electron chi connectivity index (χ0n) is 9.85. The largest absolute Gasteiger partial charge is 0.507 e. The number of hydrogen-bond donors (Lipinski definition) is 3. The number of aromatic nitrogens is 3. The number of aromatic hydroxyl groups is 2. The standard InChI is InChI=1S/C11H10BrN3O4/c1-2-19-11(18)10-9(13-15-14-10)7-5(16)3-4-6(17)8(7)12/h3-4,16-17H,2H2,1H3,(H,13,14,15). The van der Waals surface area contributed by atoms with Crippen LogP contribution in [0.15, 0.2) is 16.6 Å². The summed E-state index contributed by atoms with van der Waals surface area (Å²) < 4.78 is 5.05. The third-order valence-corrected chi connectivity index (χ3v) is 3.16. The molecule has 8 heteroatoms. The molecule has 100 valence electrons. The van der Waals surface area contributed by atoms with Crippen LogP contribution in [0.4, 0.5) is 0 Å².